The summed E-state index contributed by atoms with van der Waals surface area (Å²) in [7, 11) is 0. The summed E-state index contributed by atoms with van der Waals surface area (Å²) >= 11 is 0. The zero-order valence-electron chi connectivity index (χ0n) is 34.8. The van der Waals surface area contributed by atoms with Crippen LogP contribution in [0.15, 0.2) is 261 Å². The largest absolute Gasteiger partial charge is 0.310 e. The fourth-order valence-corrected chi connectivity index (χ4v) is 9.25. The lowest BCUT2D eigenvalue weighted by atomic mass is 9.87. The standard InChI is InChI=1S/C62H43N/c1-4-17-44(18-5-1)46-31-33-50(34-32-46)62-59(60-43-51-23-10-11-26-56(51)57-27-14-15-28-58(57)60)29-16-30-61(62)63(52-39-35-47(36-40-52)45-19-6-2-7-20-45)53-41-37-49(38-42-53)55-25-13-12-24-54(55)48-21-8-3-9-22-48/h1-43H. The normalized spacial score (nSPS) is 11.2. The van der Waals surface area contributed by atoms with Crippen molar-refractivity contribution in [3.63, 3.8) is 0 Å². The molecule has 0 saturated heterocycles. The number of benzene rings is 11. The minimum Gasteiger partial charge on any atom is -0.310 e. The van der Waals surface area contributed by atoms with Gasteiger partial charge < -0.3 is 4.90 Å². The van der Waals surface area contributed by atoms with Gasteiger partial charge in [-0.25, -0.2) is 0 Å². The van der Waals surface area contributed by atoms with Gasteiger partial charge in [-0.1, -0.05) is 224 Å². The summed E-state index contributed by atoms with van der Waals surface area (Å²) in [5.74, 6) is 0. The van der Waals surface area contributed by atoms with E-state index < -0.39 is 0 Å². The molecule has 296 valence electrons. The van der Waals surface area contributed by atoms with Gasteiger partial charge in [-0.05, 0) is 119 Å². The van der Waals surface area contributed by atoms with Crippen LogP contribution in [0.2, 0.25) is 0 Å². The van der Waals surface area contributed by atoms with Crippen LogP contribution in [0, 0.1) is 0 Å². The fraction of sp³-hybridized carbons (Fsp3) is 0. The third kappa shape index (κ3) is 7.26. The van der Waals surface area contributed by atoms with E-state index in [-0.39, 0.29) is 0 Å². The van der Waals surface area contributed by atoms with Gasteiger partial charge in [-0.3, -0.25) is 0 Å². The van der Waals surface area contributed by atoms with E-state index in [9.17, 15) is 0 Å². The second-order valence-electron chi connectivity index (χ2n) is 16.0. The van der Waals surface area contributed by atoms with Gasteiger partial charge in [-0.2, -0.15) is 0 Å². The number of hydrogen-bond acceptors (Lipinski definition) is 1. The molecule has 63 heavy (non-hydrogen) atoms. The molecule has 11 aromatic rings. The minimum atomic E-state index is 1.08. The lowest BCUT2D eigenvalue weighted by molar-refractivity contribution is 1.28. The number of rotatable bonds is 9. The van der Waals surface area contributed by atoms with E-state index in [1.165, 1.54) is 82.7 Å². The van der Waals surface area contributed by atoms with E-state index >= 15 is 0 Å². The topological polar surface area (TPSA) is 3.24 Å². The van der Waals surface area contributed by atoms with Crippen molar-refractivity contribution in [1.82, 2.24) is 0 Å². The van der Waals surface area contributed by atoms with Gasteiger partial charge in [0.25, 0.3) is 0 Å². The highest BCUT2D eigenvalue weighted by atomic mass is 15.1. The Morgan fingerprint density at radius 3 is 1.21 bits per heavy atom. The van der Waals surface area contributed by atoms with Crippen molar-refractivity contribution in [2.75, 3.05) is 4.90 Å². The Morgan fingerprint density at radius 2 is 0.619 bits per heavy atom. The predicted molar refractivity (Wildman–Crippen MR) is 269 cm³/mol. The Labute approximate surface area is 369 Å². The third-order valence-corrected chi connectivity index (χ3v) is 12.3. The molecule has 0 fully saturated rings. The van der Waals surface area contributed by atoms with Crippen molar-refractivity contribution >= 4 is 38.6 Å². The Morgan fingerprint density at radius 1 is 0.222 bits per heavy atom. The van der Waals surface area contributed by atoms with E-state index in [0.29, 0.717) is 0 Å². The summed E-state index contributed by atoms with van der Waals surface area (Å²) in [5, 5.41) is 4.97. The third-order valence-electron chi connectivity index (χ3n) is 12.3. The summed E-state index contributed by atoms with van der Waals surface area (Å²) in [6, 6.07) is 94.7. The maximum absolute atomic E-state index is 2.44. The van der Waals surface area contributed by atoms with E-state index in [1.807, 2.05) is 0 Å². The highest BCUT2D eigenvalue weighted by Crippen LogP contribution is 2.48. The van der Waals surface area contributed by atoms with Crippen LogP contribution in [0.25, 0.3) is 88.3 Å². The van der Waals surface area contributed by atoms with Crippen LogP contribution in [0.5, 0.6) is 0 Å². The molecule has 0 bridgehead atoms. The van der Waals surface area contributed by atoms with Crippen molar-refractivity contribution in [2.24, 2.45) is 0 Å². The van der Waals surface area contributed by atoms with Crippen molar-refractivity contribution in [3.8, 4) is 66.8 Å². The molecule has 1 nitrogen and oxygen atoms in total. The van der Waals surface area contributed by atoms with E-state index in [0.717, 1.165) is 22.6 Å². The number of nitrogens with zero attached hydrogens (tertiary/aromatic N) is 1. The summed E-state index contributed by atoms with van der Waals surface area (Å²) in [6.45, 7) is 0. The molecular weight excluding hydrogens is 759 g/mol. The highest BCUT2D eigenvalue weighted by molar-refractivity contribution is 6.15. The van der Waals surface area contributed by atoms with Gasteiger partial charge in [0.2, 0.25) is 0 Å². The Balaban J connectivity index is 1.14. The molecule has 0 aliphatic heterocycles. The minimum absolute atomic E-state index is 1.08. The fourth-order valence-electron chi connectivity index (χ4n) is 9.25. The first-order valence-corrected chi connectivity index (χ1v) is 21.7. The smallest absolute Gasteiger partial charge is 0.0546 e. The molecule has 0 heterocycles. The Hall–Kier alpha value is -8.26. The average molecular weight is 802 g/mol. The second kappa shape index (κ2) is 16.7. The molecule has 0 N–H and O–H groups in total. The van der Waals surface area contributed by atoms with Crippen LogP contribution in [0.1, 0.15) is 0 Å². The summed E-state index contributed by atoms with van der Waals surface area (Å²) < 4.78 is 0. The van der Waals surface area contributed by atoms with Gasteiger partial charge in [0.15, 0.2) is 0 Å². The maximum Gasteiger partial charge on any atom is 0.0546 e. The van der Waals surface area contributed by atoms with Crippen LogP contribution in [0.3, 0.4) is 0 Å². The van der Waals surface area contributed by atoms with Crippen LogP contribution in [-0.2, 0) is 0 Å². The molecule has 0 aromatic heterocycles. The van der Waals surface area contributed by atoms with Crippen LogP contribution in [0.4, 0.5) is 17.1 Å². The molecule has 0 saturated carbocycles. The Kier molecular flexibility index (Phi) is 9.97. The molecule has 0 atom stereocenters. The second-order valence-corrected chi connectivity index (χ2v) is 16.0. The van der Waals surface area contributed by atoms with Gasteiger partial charge in [0.05, 0.1) is 5.69 Å². The van der Waals surface area contributed by atoms with E-state index in [2.05, 4.69) is 266 Å². The molecular formula is C62H43N. The number of anilines is 3. The van der Waals surface area contributed by atoms with Crippen molar-refractivity contribution < 1.29 is 0 Å². The molecule has 0 unspecified atom stereocenters. The molecule has 11 rings (SSSR count). The maximum atomic E-state index is 2.44. The number of hydrogen-bond donors (Lipinski definition) is 0. The molecule has 11 aromatic carbocycles. The monoisotopic (exact) mass is 801 g/mol. The summed E-state index contributed by atoms with van der Waals surface area (Å²) in [6.07, 6.45) is 0. The first-order chi connectivity index (χ1) is 31.3. The lowest BCUT2D eigenvalue weighted by Crippen LogP contribution is -2.12. The van der Waals surface area contributed by atoms with Crippen molar-refractivity contribution in [3.05, 3.63) is 261 Å². The quantitative estimate of drug-likeness (QED) is 0.131. The Bertz CT molecular complexity index is 3340. The molecule has 0 amide bonds. The lowest BCUT2D eigenvalue weighted by Gasteiger charge is -2.30. The predicted octanol–water partition coefficient (Wildman–Crippen LogP) is 17.5. The highest BCUT2D eigenvalue weighted by Gasteiger charge is 2.23. The van der Waals surface area contributed by atoms with E-state index in [1.54, 1.807) is 0 Å². The molecule has 0 spiro atoms. The average Bonchev–Trinajstić information content (AvgIpc) is 3.37. The molecule has 1 heteroatoms. The van der Waals surface area contributed by atoms with Crippen LogP contribution < -0.4 is 4.90 Å². The van der Waals surface area contributed by atoms with Gasteiger partial charge in [0.1, 0.15) is 0 Å². The van der Waals surface area contributed by atoms with E-state index in [4.69, 9.17) is 0 Å². The zero-order chi connectivity index (χ0) is 42.0. The zero-order valence-corrected chi connectivity index (χ0v) is 34.8. The van der Waals surface area contributed by atoms with Crippen molar-refractivity contribution in [1.29, 1.82) is 0 Å². The SMILES string of the molecule is c1ccc(-c2ccc(-c3c(-c4cc5ccccc5c5ccccc45)cccc3N(c3ccc(-c4ccccc4)cc3)c3ccc(-c4ccccc4-c4ccccc4)cc3)cc2)cc1. The molecule has 0 radical (unpaired) electrons. The first-order valence-electron chi connectivity index (χ1n) is 21.7. The first kappa shape index (κ1) is 37.7. The summed E-state index contributed by atoms with van der Waals surface area (Å²) in [5.41, 5.74) is 17.5. The molecule has 0 aliphatic carbocycles. The summed E-state index contributed by atoms with van der Waals surface area (Å²) in [4.78, 5) is 2.44. The van der Waals surface area contributed by atoms with Gasteiger partial charge in [-0.15, -0.1) is 0 Å². The van der Waals surface area contributed by atoms with Crippen molar-refractivity contribution in [2.45, 2.75) is 0 Å². The van der Waals surface area contributed by atoms with Gasteiger partial charge in [0, 0.05) is 16.9 Å². The van der Waals surface area contributed by atoms with Gasteiger partial charge >= 0.3 is 0 Å². The van der Waals surface area contributed by atoms with Crippen LogP contribution >= 0.6 is 0 Å². The number of fused-ring (bicyclic) bond motifs is 3. The molecule has 0 aliphatic rings. The van der Waals surface area contributed by atoms with Crippen LogP contribution in [-0.4, -0.2) is 0 Å².